The van der Waals surface area contributed by atoms with Crippen LogP contribution in [0, 0.1) is 0 Å². The zero-order valence-electron chi connectivity index (χ0n) is 18.3. The molecule has 2 aliphatic rings. The van der Waals surface area contributed by atoms with Crippen molar-refractivity contribution in [2.45, 2.75) is 44.7 Å². The van der Waals surface area contributed by atoms with Crippen LogP contribution in [-0.4, -0.2) is 60.8 Å². The maximum atomic E-state index is 5.66. The van der Waals surface area contributed by atoms with E-state index in [0.717, 1.165) is 56.4 Å². The number of nitrogens with zero attached hydrogens (tertiary/aromatic N) is 3. The summed E-state index contributed by atoms with van der Waals surface area (Å²) in [6, 6.07) is 9.94. The molecule has 0 atom stereocenters. The molecule has 7 nitrogen and oxygen atoms in total. The van der Waals surface area contributed by atoms with Gasteiger partial charge in [0.15, 0.2) is 5.96 Å². The molecule has 0 unspecified atom stereocenters. The van der Waals surface area contributed by atoms with Crippen LogP contribution in [0.2, 0.25) is 0 Å². The number of benzene rings is 1. The molecule has 0 radical (unpaired) electrons. The predicted octanol–water partition coefficient (Wildman–Crippen LogP) is 3.66. The molecule has 1 aromatic heterocycles. The van der Waals surface area contributed by atoms with Gasteiger partial charge in [-0.3, -0.25) is 4.90 Å². The Morgan fingerprint density at radius 2 is 1.87 bits per heavy atom. The van der Waals surface area contributed by atoms with Crippen molar-refractivity contribution in [3.8, 4) is 11.5 Å². The summed E-state index contributed by atoms with van der Waals surface area (Å²) in [5.74, 6) is 1.46. The minimum Gasteiger partial charge on any atom is -0.444 e. The summed E-state index contributed by atoms with van der Waals surface area (Å²) in [5.41, 5.74) is 1.97. The van der Waals surface area contributed by atoms with Gasteiger partial charge in [-0.15, -0.1) is 24.0 Å². The lowest BCUT2D eigenvalue weighted by atomic mass is 9.88. The number of ether oxygens (including phenoxy) is 1. The molecule has 0 spiro atoms. The number of halogens is 1. The second kappa shape index (κ2) is 11.8. The summed E-state index contributed by atoms with van der Waals surface area (Å²) >= 11 is 0. The van der Waals surface area contributed by atoms with Crippen LogP contribution >= 0.6 is 24.0 Å². The van der Waals surface area contributed by atoms with E-state index in [9.17, 15) is 0 Å². The second-order valence-corrected chi connectivity index (χ2v) is 8.09. The molecule has 0 bridgehead atoms. The number of aliphatic imine (C=N–C) groups is 1. The van der Waals surface area contributed by atoms with Gasteiger partial charge in [0.2, 0.25) is 5.89 Å². The Hall–Kier alpha value is -1.65. The van der Waals surface area contributed by atoms with Gasteiger partial charge in [-0.05, 0) is 57.8 Å². The fourth-order valence-corrected chi connectivity index (χ4v) is 4.39. The van der Waals surface area contributed by atoms with Gasteiger partial charge < -0.3 is 19.8 Å². The normalized spacial score (nSPS) is 19.1. The third-order valence-electron chi connectivity index (χ3n) is 6.10. The highest BCUT2D eigenvalue weighted by molar-refractivity contribution is 14.0. The number of nitrogens with one attached hydrogen (secondary N) is 2. The maximum Gasteiger partial charge on any atom is 0.226 e. The molecule has 0 amide bonds. The Labute approximate surface area is 202 Å². The first-order chi connectivity index (χ1) is 14.8. The predicted molar refractivity (Wildman–Crippen MR) is 134 cm³/mol. The van der Waals surface area contributed by atoms with Gasteiger partial charge in [-0.2, -0.15) is 0 Å². The summed E-state index contributed by atoms with van der Waals surface area (Å²) in [6.45, 7) is 8.33. The Balaban J connectivity index is 0.00000272. The highest BCUT2D eigenvalue weighted by Crippen LogP contribution is 2.30. The first-order valence-corrected chi connectivity index (χ1v) is 11.1. The van der Waals surface area contributed by atoms with Crippen LogP contribution in [0.1, 0.15) is 38.3 Å². The van der Waals surface area contributed by atoms with E-state index >= 15 is 0 Å². The number of oxazole rings is 1. The molecule has 8 heteroatoms. The van der Waals surface area contributed by atoms with Gasteiger partial charge in [0.05, 0.1) is 6.54 Å². The molecule has 3 heterocycles. The molecule has 1 aromatic carbocycles. The van der Waals surface area contributed by atoms with E-state index in [-0.39, 0.29) is 29.5 Å². The topological polar surface area (TPSA) is 74.9 Å². The van der Waals surface area contributed by atoms with Crippen LogP contribution in [0.25, 0.3) is 11.5 Å². The van der Waals surface area contributed by atoms with E-state index in [4.69, 9.17) is 14.1 Å². The largest absolute Gasteiger partial charge is 0.444 e. The van der Waals surface area contributed by atoms with Crippen LogP contribution < -0.4 is 10.6 Å². The molecule has 2 aliphatic heterocycles. The lowest BCUT2D eigenvalue weighted by Crippen LogP contribution is -2.58. The van der Waals surface area contributed by atoms with E-state index in [1.54, 1.807) is 6.26 Å². The number of likely N-dealkylation sites (tertiary alicyclic amines) is 1. The molecular weight excluding hydrogens is 505 g/mol. The van der Waals surface area contributed by atoms with Crippen LogP contribution in [0.3, 0.4) is 0 Å². The first-order valence-electron chi connectivity index (χ1n) is 11.1. The van der Waals surface area contributed by atoms with Crippen molar-refractivity contribution < 1.29 is 9.15 Å². The van der Waals surface area contributed by atoms with Gasteiger partial charge in [-0.1, -0.05) is 18.2 Å². The van der Waals surface area contributed by atoms with Crippen LogP contribution in [0.5, 0.6) is 0 Å². The minimum absolute atomic E-state index is 0. The van der Waals surface area contributed by atoms with Gasteiger partial charge >= 0.3 is 0 Å². The lowest BCUT2D eigenvalue weighted by Gasteiger charge is -2.45. The maximum absolute atomic E-state index is 5.66. The highest BCUT2D eigenvalue weighted by Gasteiger charge is 2.39. The summed E-state index contributed by atoms with van der Waals surface area (Å²) in [4.78, 5) is 12.0. The molecule has 2 saturated heterocycles. The number of hydrogen-bond acceptors (Lipinski definition) is 5. The van der Waals surface area contributed by atoms with Crippen molar-refractivity contribution >= 4 is 29.9 Å². The zero-order valence-corrected chi connectivity index (χ0v) is 20.6. The smallest absolute Gasteiger partial charge is 0.226 e. The average Bonchev–Trinajstić information content (AvgIpc) is 3.50. The third kappa shape index (κ3) is 6.20. The van der Waals surface area contributed by atoms with Crippen molar-refractivity contribution in [2.75, 3.05) is 39.4 Å². The highest BCUT2D eigenvalue weighted by atomic mass is 127. The van der Waals surface area contributed by atoms with Crippen molar-refractivity contribution in [3.05, 3.63) is 42.3 Å². The van der Waals surface area contributed by atoms with E-state index < -0.39 is 0 Å². The van der Waals surface area contributed by atoms with Crippen LogP contribution in [0.15, 0.2) is 46.0 Å². The number of hydrogen-bond donors (Lipinski definition) is 2. The van der Waals surface area contributed by atoms with Crippen LogP contribution in [0.4, 0.5) is 0 Å². The number of guanidine groups is 1. The molecule has 0 saturated carbocycles. The van der Waals surface area contributed by atoms with Gasteiger partial charge in [0.25, 0.3) is 0 Å². The Morgan fingerprint density at radius 3 is 2.58 bits per heavy atom. The summed E-state index contributed by atoms with van der Waals surface area (Å²) in [6.07, 6.45) is 6.44. The number of aromatic nitrogens is 1. The summed E-state index contributed by atoms with van der Waals surface area (Å²) in [7, 11) is 0. The zero-order chi connectivity index (χ0) is 20.7. The number of rotatable bonds is 7. The molecule has 31 heavy (non-hydrogen) atoms. The van der Waals surface area contributed by atoms with E-state index in [2.05, 4.69) is 27.4 Å². The van der Waals surface area contributed by atoms with Crippen molar-refractivity contribution in [2.24, 2.45) is 4.99 Å². The molecule has 4 rings (SSSR count). The fourth-order valence-electron chi connectivity index (χ4n) is 4.39. The fraction of sp³-hybridized carbons (Fsp3) is 0.565. The quantitative estimate of drug-likeness (QED) is 0.318. The van der Waals surface area contributed by atoms with Gasteiger partial charge in [0, 0.05) is 37.4 Å². The van der Waals surface area contributed by atoms with Crippen molar-refractivity contribution in [1.29, 1.82) is 0 Å². The second-order valence-electron chi connectivity index (χ2n) is 8.09. The lowest BCUT2D eigenvalue weighted by molar-refractivity contribution is -0.0164. The van der Waals surface area contributed by atoms with E-state index in [1.807, 2.05) is 30.3 Å². The Bertz CT molecular complexity index is 814. The average molecular weight is 539 g/mol. The molecule has 0 aliphatic carbocycles. The third-order valence-corrected chi connectivity index (χ3v) is 6.10. The summed E-state index contributed by atoms with van der Waals surface area (Å²) < 4.78 is 11.3. The van der Waals surface area contributed by atoms with E-state index in [1.165, 1.54) is 25.9 Å². The van der Waals surface area contributed by atoms with Gasteiger partial charge in [-0.25, -0.2) is 9.98 Å². The molecule has 2 aromatic rings. The van der Waals surface area contributed by atoms with Gasteiger partial charge in [0.1, 0.15) is 12.0 Å². The Kier molecular flexibility index (Phi) is 9.15. The SMILES string of the molecule is CCNC(=NCc1coc(-c2ccccc2)n1)NCC1(N2CCCC2)CCOCC1.I. The molecule has 170 valence electrons. The Morgan fingerprint density at radius 1 is 1.13 bits per heavy atom. The standard InChI is InChI=1S/C23H33N5O2.HI/c1-2-24-22(25-16-20-17-30-21(27-20)19-8-4-3-5-9-19)26-18-23(10-14-29-15-11-23)28-12-6-7-13-28;/h3-5,8-9,17H,2,6-7,10-16,18H2,1H3,(H2,24,25,26);1H. The van der Waals surface area contributed by atoms with Crippen molar-refractivity contribution in [3.63, 3.8) is 0 Å². The molecule has 2 N–H and O–H groups in total. The monoisotopic (exact) mass is 539 g/mol. The van der Waals surface area contributed by atoms with Crippen LogP contribution in [-0.2, 0) is 11.3 Å². The first kappa shape index (κ1) is 24.0. The van der Waals surface area contributed by atoms with Crippen molar-refractivity contribution in [1.82, 2.24) is 20.5 Å². The minimum atomic E-state index is 0. The van der Waals surface area contributed by atoms with E-state index in [0.29, 0.717) is 12.4 Å². The summed E-state index contributed by atoms with van der Waals surface area (Å²) in [5, 5.41) is 6.97. The molecule has 2 fully saturated rings. The molecular formula is C23H34IN5O2.